The van der Waals surface area contributed by atoms with Crippen molar-refractivity contribution in [3.05, 3.63) is 53.5 Å². The molecule has 1 N–H and O–H groups in total. The molecular weight excluding hydrogens is 405 g/mol. The van der Waals surface area contributed by atoms with Gasteiger partial charge in [0.15, 0.2) is 0 Å². The van der Waals surface area contributed by atoms with Crippen molar-refractivity contribution in [3.8, 4) is 5.75 Å². The highest BCUT2D eigenvalue weighted by Gasteiger charge is 2.41. The van der Waals surface area contributed by atoms with E-state index in [0.717, 1.165) is 61.1 Å². The summed E-state index contributed by atoms with van der Waals surface area (Å²) < 4.78 is 19.4. The molecule has 2 fully saturated rings. The second-order valence-electron chi connectivity index (χ2n) is 7.98. The highest BCUT2D eigenvalue weighted by Crippen LogP contribution is 2.43. The number of hydrogen-bond donors (Lipinski definition) is 1. The lowest BCUT2D eigenvalue weighted by molar-refractivity contribution is -0.119. The Kier molecular flexibility index (Phi) is 5.10. The molecule has 2 amide bonds. The average Bonchev–Trinajstić information content (AvgIpc) is 3.30. The van der Waals surface area contributed by atoms with Gasteiger partial charge in [-0.05, 0) is 61.1 Å². The molecule has 1 aliphatic carbocycles. The number of carbonyl (C=O) groups excluding carboxylic acids is 2. The topological polar surface area (TPSA) is 71.5 Å². The molecule has 0 bridgehead atoms. The normalized spacial score (nSPS) is 25.9. The van der Waals surface area contributed by atoms with Crippen LogP contribution < -0.4 is 15.0 Å². The first-order valence-corrected chi connectivity index (χ1v) is 11.1. The number of piperidine rings is 1. The van der Waals surface area contributed by atoms with Gasteiger partial charge in [-0.3, -0.25) is 14.9 Å². The lowest BCUT2D eigenvalue weighted by Crippen LogP contribution is -2.41. The van der Waals surface area contributed by atoms with Crippen molar-refractivity contribution in [2.75, 3.05) is 18.0 Å². The van der Waals surface area contributed by atoms with Crippen LogP contribution >= 0.6 is 11.8 Å². The van der Waals surface area contributed by atoms with Crippen molar-refractivity contribution in [2.45, 2.75) is 43.0 Å². The van der Waals surface area contributed by atoms with Crippen molar-refractivity contribution in [1.29, 1.82) is 0 Å². The number of rotatable bonds is 4. The predicted octanol–water partition coefficient (Wildman–Crippen LogP) is 3.65. The van der Waals surface area contributed by atoms with E-state index in [1.54, 1.807) is 6.07 Å². The Bertz CT molecular complexity index is 984. The van der Waals surface area contributed by atoms with Crippen LogP contribution in [0.2, 0.25) is 0 Å². The molecule has 0 spiro atoms. The van der Waals surface area contributed by atoms with Crippen molar-refractivity contribution < 1.29 is 18.7 Å². The summed E-state index contributed by atoms with van der Waals surface area (Å²) in [4.78, 5) is 29.9. The minimum atomic E-state index is -0.335. The molecule has 5 rings (SSSR count). The zero-order valence-electron chi connectivity index (χ0n) is 16.3. The van der Waals surface area contributed by atoms with E-state index in [1.807, 2.05) is 12.1 Å². The summed E-state index contributed by atoms with van der Waals surface area (Å²) in [5, 5.41) is 1.80. The number of imide groups is 1. The van der Waals surface area contributed by atoms with Gasteiger partial charge in [0, 0.05) is 12.5 Å². The number of benzene rings is 1. The number of amides is 2. The molecule has 1 unspecified atom stereocenters. The number of nitrogens with zero attached hydrogens (tertiary/aromatic N) is 2. The Hall–Kier alpha value is -2.61. The van der Waals surface area contributed by atoms with Gasteiger partial charge in [0.05, 0.1) is 12.7 Å². The fourth-order valence-electron chi connectivity index (χ4n) is 4.64. The Labute approximate surface area is 178 Å². The van der Waals surface area contributed by atoms with Gasteiger partial charge in [0.2, 0.25) is 5.91 Å². The number of carbonyl (C=O) groups is 2. The number of ether oxygens (including phenoxy) is 1. The van der Waals surface area contributed by atoms with E-state index in [0.29, 0.717) is 6.54 Å². The van der Waals surface area contributed by atoms with Crippen LogP contribution in [0.15, 0.2) is 36.5 Å². The van der Waals surface area contributed by atoms with Gasteiger partial charge in [0.1, 0.15) is 28.7 Å². The molecule has 3 atom stereocenters. The van der Waals surface area contributed by atoms with Crippen molar-refractivity contribution >= 4 is 28.7 Å². The Morgan fingerprint density at radius 2 is 2.10 bits per heavy atom. The molecule has 3 aliphatic rings. The van der Waals surface area contributed by atoms with E-state index in [-0.39, 0.29) is 34.2 Å². The van der Waals surface area contributed by atoms with Gasteiger partial charge in [-0.15, -0.1) is 0 Å². The minimum absolute atomic E-state index is 0.0367. The third kappa shape index (κ3) is 3.76. The zero-order chi connectivity index (χ0) is 20.7. The van der Waals surface area contributed by atoms with Crippen molar-refractivity contribution in [2.24, 2.45) is 0 Å². The summed E-state index contributed by atoms with van der Waals surface area (Å²) in [6, 6.07) is 9.21. The van der Waals surface area contributed by atoms with Crippen LogP contribution in [-0.2, 0) is 11.2 Å². The van der Waals surface area contributed by atoms with Gasteiger partial charge >= 0.3 is 0 Å². The third-order valence-electron chi connectivity index (χ3n) is 6.04. The summed E-state index contributed by atoms with van der Waals surface area (Å²) in [5.41, 5.74) is 2.34. The number of nitrogens with one attached hydrogen (secondary N) is 1. The molecule has 156 valence electrons. The molecule has 0 saturated carbocycles. The van der Waals surface area contributed by atoms with Crippen LogP contribution in [-0.4, -0.2) is 40.6 Å². The molecule has 1 aromatic heterocycles. The Morgan fingerprint density at radius 1 is 1.20 bits per heavy atom. The predicted molar refractivity (Wildman–Crippen MR) is 112 cm³/mol. The van der Waals surface area contributed by atoms with Gasteiger partial charge < -0.3 is 9.64 Å². The van der Waals surface area contributed by atoms with Crippen LogP contribution in [0, 0.1) is 5.82 Å². The van der Waals surface area contributed by atoms with E-state index in [4.69, 9.17) is 4.74 Å². The van der Waals surface area contributed by atoms with Crippen molar-refractivity contribution in [3.63, 3.8) is 0 Å². The number of aromatic nitrogens is 1. The third-order valence-corrected chi connectivity index (χ3v) is 7.15. The average molecular weight is 428 g/mol. The maximum Gasteiger partial charge on any atom is 0.286 e. The minimum Gasteiger partial charge on any atom is -0.489 e. The summed E-state index contributed by atoms with van der Waals surface area (Å²) in [6.07, 6.45) is 4.97. The van der Waals surface area contributed by atoms with E-state index < -0.39 is 0 Å². The Balaban J connectivity index is 1.27. The lowest BCUT2D eigenvalue weighted by atomic mass is 9.97. The molecule has 2 aliphatic heterocycles. The molecule has 30 heavy (non-hydrogen) atoms. The van der Waals surface area contributed by atoms with Gasteiger partial charge in [-0.2, -0.15) is 0 Å². The molecule has 0 radical (unpaired) electrons. The van der Waals surface area contributed by atoms with Crippen LogP contribution in [0.3, 0.4) is 0 Å². The van der Waals surface area contributed by atoms with Crippen LogP contribution in [0.4, 0.5) is 15.0 Å². The molecule has 3 heterocycles. The number of aryl methyl sites for hydroxylation is 1. The molecule has 8 heteroatoms. The highest BCUT2D eigenvalue weighted by molar-refractivity contribution is 8.15. The number of anilines is 1. The first-order chi connectivity index (χ1) is 14.6. The number of hydrogen-bond acceptors (Lipinski definition) is 6. The van der Waals surface area contributed by atoms with E-state index >= 15 is 0 Å². The largest absolute Gasteiger partial charge is 0.489 e. The molecule has 2 saturated heterocycles. The fourth-order valence-corrected chi connectivity index (χ4v) is 5.64. The fraction of sp³-hybridized carbons (Fsp3) is 0.409. The molecule has 1 aromatic carbocycles. The second kappa shape index (κ2) is 7.91. The standard InChI is InChI=1S/C22H22FN3O3S/c23-14-4-8-19(24-11-14)26-9-1-2-16(12-26)29-15-5-7-17-13(10-15)3-6-18(17)20-21(27)25-22(28)30-20/h4-5,7-8,10-11,16,18,20H,1-3,6,9,12H2,(H,25,27,28)/t16-,18+,20?/m0/s1. The number of fused-ring (bicyclic) bond motifs is 1. The summed E-state index contributed by atoms with van der Waals surface area (Å²) in [6.45, 7) is 1.59. The summed E-state index contributed by atoms with van der Waals surface area (Å²) >= 11 is 1.10. The molecule has 6 nitrogen and oxygen atoms in total. The summed E-state index contributed by atoms with van der Waals surface area (Å²) in [7, 11) is 0. The number of pyridine rings is 1. The quantitative estimate of drug-likeness (QED) is 0.803. The van der Waals surface area contributed by atoms with Crippen LogP contribution in [0.5, 0.6) is 5.75 Å². The van der Waals surface area contributed by atoms with Crippen LogP contribution in [0.25, 0.3) is 0 Å². The molecule has 2 aromatic rings. The highest BCUT2D eigenvalue weighted by atomic mass is 32.2. The summed E-state index contributed by atoms with van der Waals surface area (Å²) in [5.74, 6) is 1.15. The van der Waals surface area contributed by atoms with Gasteiger partial charge in [0.25, 0.3) is 5.24 Å². The van der Waals surface area contributed by atoms with E-state index in [1.165, 1.54) is 17.8 Å². The number of thioether (sulfide) groups is 1. The van der Waals surface area contributed by atoms with E-state index in [2.05, 4.69) is 21.3 Å². The number of halogens is 1. The maximum atomic E-state index is 13.1. The molecular formula is C22H22FN3O3S. The van der Waals surface area contributed by atoms with Gasteiger partial charge in [-0.25, -0.2) is 9.37 Å². The van der Waals surface area contributed by atoms with Crippen LogP contribution in [0.1, 0.15) is 36.3 Å². The zero-order valence-corrected chi connectivity index (χ0v) is 17.2. The lowest BCUT2D eigenvalue weighted by Gasteiger charge is -2.33. The second-order valence-corrected chi connectivity index (χ2v) is 9.10. The monoisotopic (exact) mass is 427 g/mol. The first kappa shape index (κ1) is 19.4. The smallest absolute Gasteiger partial charge is 0.286 e. The van der Waals surface area contributed by atoms with Crippen molar-refractivity contribution in [1.82, 2.24) is 10.3 Å². The van der Waals surface area contributed by atoms with Gasteiger partial charge in [-0.1, -0.05) is 17.8 Å². The van der Waals surface area contributed by atoms with E-state index in [9.17, 15) is 14.0 Å². The SMILES string of the molecule is O=C1NC(=O)C([C@@H]2CCc3cc(O[C@H]4CCCN(c5ccc(F)cn5)C4)ccc32)S1. The first-order valence-electron chi connectivity index (χ1n) is 10.2. The maximum absolute atomic E-state index is 13.1. The Morgan fingerprint density at radius 3 is 2.87 bits per heavy atom.